The molecule has 84 valence electrons. The third kappa shape index (κ3) is 2.23. The van der Waals surface area contributed by atoms with Gasteiger partial charge in [0.25, 0.3) is 0 Å². The molecule has 3 nitrogen and oxygen atoms in total. The number of hydrogen-bond acceptors (Lipinski definition) is 3. The molecular weight excluding hydrogens is 257 g/mol. The Hall–Kier alpha value is -1.63. The molecule has 0 aliphatic rings. The van der Waals surface area contributed by atoms with Crippen LogP contribution in [0.3, 0.4) is 0 Å². The van der Waals surface area contributed by atoms with Gasteiger partial charge in [0.05, 0.1) is 18.0 Å². The highest BCUT2D eigenvalue weighted by Crippen LogP contribution is 2.34. The van der Waals surface area contributed by atoms with Gasteiger partial charge in [0.15, 0.2) is 4.87 Å². The number of aromatic nitrogens is 2. The van der Waals surface area contributed by atoms with Crippen molar-refractivity contribution in [3.63, 3.8) is 0 Å². The summed E-state index contributed by atoms with van der Waals surface area (Å²) in [6.07, 6.45) is 4.50. The van der Waals surface area contributed by atoms with Gasteiger partial charge in [0, 0.05) is 17.4 Å². The third-order valence-corrected chi connectivity index (χ3v) is 3.06. The molecule has 17 heavy (non-hydrogen) atoms. The van der Waals surface area contributed by atoms with E-state index in [1.165, 1.54) is 18.6 Å². The van der Waals surface area contributed by atoms with Crippen molar-refractivity contribution in [1.82, 2.24) is 9.97 Å². The highest BCUT2D eigenvalue weighted by atomic mass is 35.5. The lowest BCUT2D eigenvalue weighted by Crippen LogP contribution is -2.19. The summed E-state index contributed by atoms with van der Waals surface area (Å²) in [5.41, 5.74) is 1.01. The van der Waals surface area contributed by atoms with E-state index in [0.717, 1.165) is 0 Å². The summed E-state index contributed by atoms with van der Waals surface area (Å²) in [5.74, 6) is 0. The predicted molar refractivity (Wildman–Crippen MR) is 65.7 cm³/mol. The molecule has 2 rings (SSSR count). The first kappa shape index (κ1) is 11.8. The molecule has 5 heteroatoms. The van der Waals surface area contributed by atoms with Gasteiger partial charge in [-0.1, -0.05) is 35.3 Å². The Bertz CT molecular complexity index is 548. The summed E-state index contributed by atoms with van der Waals surface area (Å²) in [5, 5.41) is 9.87. The van der Waals surface area contributed by atoms with Gasteiger partial charge in [-0.3, -0.25) is 9.97 Å². The van der Waals surface area contributed by atoms with Crippen LogP contribution in [0.1, 0.15) is 11.3 Å². The molecule has 1 heterocycles. The highest BCUT2D eigenvalue weighted by molar-refractivity contribution is 6.31. The zero-order chi connectivity index (χ0) is 12.3. The van der Waals surface area contributed by atoms with Gasteiger partial charge in [0.2, 0.25) is 0 Å². The molecule has 0 bridgehead atoms. The first-order valence-corrected chi connectivity index (χ1v) is 5.55. The van der Waals surface area contributed by atoms with Gasteiger partial charge in [-0.05, 0) is 17.7 Å². The fraction of sp³-hybridized carbons (Fsp3) is 0.0833. The van der Waals surface area contributed by atoms with E-state index in [9.17, 15) is 5.26 Å². The number of nitriles is 1. The van der Waals surface area contributed by atoms with Gasteiger partial charge in [-0.2, -0.15) is 5.26 Å². The second-order valence-corrected chi connectivity index (χ2v) is 4.37. The van der Waals surface area contributed by atoms with Crippen molar-refractivity contribution in [2.24, 2.45) is 0 Å². The number of alkyl halides is 1. The molecule has 0 aliphatic heterocycles. The smallest absolute Gasteiger partial charge is 0.198 e. The van der Waals surface area contributed by atoms with Crippen LogP contribution in [0.15, 0.2) is 42.9 Å². The lowest BCUT2D eigenvalue weighted by molar-refractivity contribution is 0.867. The minimum absolute atomic E-state index is 0.395. The molecule has 1 unspecified atom stereocenters. The van der Waals surface area contributed by atoms with E-state index < -0.39 is 4.87 Å². The molecule has 0 N–H and O–H groups in total. The maximum Gasteiger partial charge on any atom is 0.198 e. The lowest BCUT2D eigenvalue weighted by atomic mass is 9.96. The van der Waals surface area contributed by atoms with Crippen molar-refractivity contribution in [1.29, 1.82) is 5.26 Å². The van der Waals surface area contributed by atoms with Crippen molar-refractivity contribution >= 4 is 23.2 Å². The van der Waals surface area contributed by atoms with Crippen LogP contribution in [-0.4, -0.2) is 9.97 Å². The minimum atomic E-state index is -1.33. The molecule has 1 aromatic carbocycles. The quantitative estimate of drug-likeness (QED) is 0.783. The van der Waals surface area contributed by atoms with Crippen LogP contribution in [0.4, 0.5) is 0 Å². The number of hydrogen-bond donors (Lipinski definition) is 0. The van der Waals surface area contributed by atoms with E-state index >= 15 is 0 Å². The SMILES string of the molecule is N#CC(Cl)(c1ccc(Cl)cc1)c1cnccn1. The Balaban J connectivity index is 2.53. The second kappa shape index (κ2) is 4.70. The molecule has 2 aromatic rings. The van der Waals surface area contributed by atoms with Crippen molar-refractivity contribution in [2.45, 2.75) is 4.87 Å². The van der Waals surface area contributed by atoms with E-state index in [1.54, 1.807) is 24.3 Å². The molecule has 0 fully saturated rings. The number of nitrogens with zero attached hydrogens (tertiary/aromatic N) is 3. The van der Waals surface area contributed by atoms with Gasteiger partial charge >= 0.3 is 0 Å². The molecular formula is C12H7Cl2N3. The predicted octanol–water partition coefficient (Wildman–Crippen LogP) is 3.14. The Morgan fingerprint density at radius 1 is 1.18 bits per heavy atom. The van der Waals surface area contributed by atoms with E-state index in [0.29, 0.717) is 16.3 Å². The summed E-state index contributed by atoms with van der Waals surface area (Å²) < 4.78 is 0. The Morgan fingerprint density at radius 3 is 2.41 bits per heavy atom. The van der Waals surface area contributed by atoms with E-state index in [2.05, 4.69) is 16.0 Å². The van der Waals surface area contributed by atoms with E-state index in [1.807, 2.05) is 0 Å². The van der Waals surface area contributed by atoms with Crippen molar-refractivity contribution in [3.05, 3.63) is 59.1 Å². The fourth-order valence-corrected chi connectivity index (χ4v) is 1.78. The average molecular weight is 264 g/mol. The standard InChI is InChI=1S/C12H7Cl2N3/c13-10-3-1-9(2-4-10)12(14,8-15)11-7-16-5-6-17-11/h1-7H. The molecule has 1 aromatic heterocycles. The number of rotatable bonds is 2. The van der Waals surface area contributed by atoms with E-state index in [4.69, 9.17) is 23.2 Å². The molecule has 0 aliphatic carbocycles. The van der Waals surface area contributed by atoms with Gasteiger partial charge in [-0.15, -0.1) is 0 Å². The van der Waals surface area contributed by atoms with Crippen LogP contribution in [-0.2, 0) is 4.87 Å². The lowest BCUT2D eigenvalue weighted by Gasteiger charge is -2.18. The monoisotopic (exact) mass is 263 g/mol. The Kier molecular flexibility index (Phi) is 3.28. The van der Waals surface area contributed by atoms with Crippen molar-refractivity contribution < 1.29 is 0 Å². The normalized spacial score (nSPS) is 13.7. The molecule has 1 atom stereocenters. The number of benzene rings is 1. The summed E-state index contributed by atoms with van der Waals surface area (Å²) >= 11 is 12.1. The maximum atomic E-state index is 9.28. The van der Waals surface area contributed by atoms with Crippen molar-refractivity contribution in [2.75, 3.05) is 0 Å². The highest BCUT2D eigenvalue weighted by Gasteiger charge is 2.33. The zero-order valence-electron chi connectivity index (χ0n) is 8.64. The van der Waals surface area contributed by atoms with Crippen LogP contribution in [0.2, 0.25) is 5.02 Å². The summed E-state index contributed by atoms with van der Waals surface area (Å²) in [6, 6.07) is 8.82. The van der Waals surface area contributed by atoms with Crippen LogP contribution in [0.25, 0.3) is 0 Å². The van der Waals surface area contributed by atoms with Crippen LogP contribution < -0.4 is 0 Å². The van der Waals surface area contributed by atoms with Crippen LogP contribution >= 0.6 is 23.2 Å². The topological polar surface area (TPSA) is 49.6 Å². The van der Waals surface area contributed by atoms with Crippen LogP contribution in [0.5, 0.6) is 0 Å². The molecule has 0 radical (unpaired) electrons. The van der Waals surface area contributed by atoms with Crippen molar-refractivity contribution in [3.8, 4) is 6.07 Å². The van der Waals surface area contributed by atoms with Gasteiger partial charge < -0.3 is 0 Å². The van der Waals surface area contributed by atoms with Gasteiger partial charge in [0.1, 0.15) is 0 Å². The fourth-order valence-electron chi connectivity index (χ4n) is 1.43. The summed E-state index contributed by atoms with van der Waals surface area (Å²) in [4.78, 5) is 6.65. The summed E-state index contributed by atoms with van der Waals surface area (Å²) in [6.45, 7) is 0. The number of halogens is 2. The average Bonchev–Trinajstić information content (AvgIpc) is 2.40. The van der Waals surface area contributed by atoms with Gasteiger partial charge in [-0.25, -0.2) is 0 Å². The maximum absolute atomic E-state index is 9.28. The molecule has 0 amide bonds. The van der Waals surface area contributed by atoms with E-state index in [-0.39, 0.29) is 0 Å². The minimum Gasteiger partial charge on any atom is -0.261 e. The second-order valence-electron chi connectivity index (χ2n) is 3.37. The molecule has 0 saturated heterocycles. The Morgan fingerprint density at radius 2 is 1.88 bits per heavy atom. The molecule has 0 saturated carbocycles. The third-order valence-electron chi connectivity index (χ3n) is 2.31. The molecule has 0 spiro atoms. The first-order chi connectivity index (χ1) is 8.16. The van der Waals surface area contributed by atoms with Crippen LogP contribution in [0, 0.1) is 11.3 Å². The largest absolute Gasteiger partial charge is 0.261 e. The zero-order valence-corrected chi connectivity index (χ0v) is 10.2. The summed E-state index contributed by atoms with van der Waals surface area (Å²) in [7, 11) is 0. The Labute approximate surface area is 109 Å². The first-order valence-electron chi connectivity index (χ1n) is 4.79.